The second-order valence-electron chi connectivity index (χ2n) is 5.62. The lowest BCUT2D eigenvalue weighted by atomic mass is 10.2. The second-order valence-corrected chi connectivity index (χ2v) is 7.53. The third-order valence-corrected chi connectivity index (χ3v) is 4.75. The van der Waals surface area contributed by atoms with Gasteiger partial charge in [-0.15, -0.1) is 0 Å². The summed E-state index contributed by atoms with van der Waals surface area (Å²) in [6, 6.07) is 9.63. The lowest BCUT2D eigenvalue weighted by Crippen LogP contribution is -2.31. The fraction of sp³-hybridized carbons (Fsp3) is 0.267. The SMILES string of the molecule is C=C1CN(S(C)(=O)=O)c2nc(N(C)Cc3ccccc3)nc(=O)n21.O. The number of hydrogen-bond acceptors (Lipinski definition) is 6. The number of rotatable bonds is 4. The normalized spacial score (nSPS) is 13.4. The molecule has 0 bridgehead atoms. The van der Waals surface area contributed by atoms with E-state index in [1.807, 2.05) is 30.3 Å². The number of hydrogen-bond donors (Lipinski definition) is 0. The van der Waals surface area contributed by atoms with Crippen molar-refractivity contribution in [2.45, 2.75) is 6.54 Å². The standard InChI is InChI=1S/C15H17N5O3S.H2O/c1-11-9-19(24(3,22)23)14-16-13(17-15(21)20(11)14)18(2)10-12-7-5-4-6-8-12;/h4-8H,1,9-10H2,2-3H3;1H2. The first-order valence-corrected chi connectivity index (χ1v) is 9.04. The summed E-state index contributed by atoms with van der Waals surface area (Å²) in [5.74, 6) is 0.191. The number of sulfonamides is 1. The Morgan fingerprint density at radius 2 is 1.88 bits per heavy atom. The Bertz CT molecular complexity index is 956. The number of nitrogens with zero attached hydrogens (tertiary/aromatic N) is 5. The van der Waals surface area contributed by atoms with Gasteiger partial charge in [0, 0.05) is 19.3 Å². The van der Waals surface area contributed by atoms with Crippen LogP contribution in [0.15, 0.2) is 41.7 Å². The fourth-order valence-corrected chi connectivity index (χ4v) is 3.30. The molecule has 2 heterocycles. The molecule has 1 aliphatic rings. The van der Waals surface area contributed by atoms with E-state index in [0.29, 0.717) is 12.2 Å². The highest BCUT2D eigenvalue weighted by molar-refractivity contribution is 7.92. The predicted octanol–water partition coefficient (Wildman–Crippen LogP) is -0.300. The molecule has 1 aromatic carbocycles. The summed E-state index contributed by atoms with van der Waals surface area (Å²) in [5, 5.41) is 0. The highest BCUT2D eigenvalue weighted by atomic mass is 32.2. The third-order valence-electron chi connectivity index (χ3n) is 3.66. The molecule has 0 saturated heterocycles. The van der Waals surface area contributed by atoms with Crippen molar-refractivity contribution < 1.29 is 13.9 Å². The molecule has 0 radical (unpaired) electrons. The molecule has 3 rings (SSSR count). The Labute approximate surface area is 145 Å². The van der Waals surface area contributed by atoms with E-state index < -0.39 is 15.7 Å². The van der Waals surface area contributed by atoms with Crippen LogP contribution in [0.25, 0.3) is 5.70 Å². The minimum atomic E-state index is -3.56. The van der Waals surface area contributed by atoms with E-state index in [9.17, 15) is 13.2 Å². The second kappa shape index (κ2) is 6.65. The molecule has 10 heteroatoms. The molecule has 0 saturated carbocycles. The molecule has 25 heavy (non-hydrogen) atoms. The van der Waals surface area contributed by atoms with Gasteiger partial charge in [0.2, 0.25) is 21.9 Å². The van der Waals surface area contributed by atoms with Crippen molar-refractivity contribution in [3.63, 3.8) is 0 Å². The van der Waals surface area contributed by atoms with E-state index in [-0.39, 0.29) is 23.9 Å². The molecule has 2 N–H and O–H groups in total. The molecule has 0 amide bonds. The number of anilines is 2. The summed E-state index contributed by atoms with van der Waals surface area (Å²) < 4.78 is 26.0. The lowest BCUT2D eigenvalue weighted by molar-refractivity contribution is 0.598. The molecule has 1 aromatic heterocycles. The van der Waals surface area contributed by atoms with Gasteiger partial charge in [-0.3, -0.25) is 0 Å². The molecule has 1 aliphatic heterocycles. The Kier molecular flexibility index (Phi) is 4.95. The van der Waals surface area contributed by atoms with E-state index in [0.717, 1.165) is 20.7 Å². The minimum Gasteiger partial charge on any atom is -0.412 e. The van der Waals surface area contributed by atoms with Crippen molar-refractivity contribution in [3.8, 4) is 0 Å². The van der Waals surface area contributed by atoms with Gasteiger partial charge in [0.25, 0.3) is 0 Å². The van der Waals surface area contributed by atoms with E-state index in [4.69, 9.17) is 0 Å². The quantitative estimate of drug-likeness (QED) is 0.734. The molecule has 2 aromatic rings. The van der Waals surface area contributed by atoms with Crippen LogP contribution in [0.5, 0.6) is 0 Å². The molecule has 0 fully saturated rings. The lowest BCUT2D eigenvalue weighted by Gasteiger charge is -2.19. The van der Waals surface area contributed by atoms with Gasteiger partial charge >= 0.3 is 5.69 Å². The van der Waals surface area contributed by atoms with Gasteiger partial charge in [-0.2, -0.15) is 9.97 Å². The molecule has 9 nitrogen and oxygen atoms in total. The summed E-state index contributed by atoms with van der Waals surface area (Å²) in [4.78, 5) is 22.2. The van der Waals surface area contributed by atoms with Crippen LogP contribution in [0.1, 0.15) is 5.56 Å². The maximum atomic E-state index is 12.3. The first-order valence-electron chi connectivity index (χ1n) is 7.19. The van der Waals surface area contributed by atoms with Crippen LogP contribution in [0.2, 0.25) is 0 Å². The fourth-order valence-electron chi connectivity index (χ4n) is 2.50. The van der Waals surface area contributed by atoms with Crippen LogP contribution in [-0.4, -0.2) is 48.3 Å². The van der Waals surface area contributed by atoms with Crippen LogP contribution in [-0.2, 0) is 16.6 Å². The van der Waals surface area contributed by atoms with E-state index in [1.165, 1.54) is 0 Å². The van der Waals surface area contributed by atoms with Gasteiger partial charge in [-0.05, 0) is 5.56 Å². The van der Waals surface area contributed by atoms with Gasteiger partial charge in [0.15, 0.2) is 0 Å². The van der Waals surface area contributed by atoms with Crippen molar-refractivity contribution in [2.24, 2.45) is 0 Å². The van der Waals surface area contributed by atoms with Gasteiger partial charge in [0.1, 0.15) is 0 Å². The zero-order valence-electron chi connectivity index (χ0n) is 13.9. The topological polar surface area (TPSA) is 120 Å². The van der Waals surface area contributed by atoms with Crippen molar-refractivity contribution >= 4 is 27.6 Å². The minimum absolute atomic E-state index is 0. The summed E-state index contributed by atoms with van der Waals surface area (Å²) in [5.41, 5.74) is 0.761. The maximum Gasteiger partial charge on any atom is 0.358 e. The van der Waals surface area contributed by atoms with Gasteiger partial charge in [-0.1, -0.05) is 36.9 Å². The number of benzene rings is 1. The zero-order chi connectivity index (χ0) is 17.5. The molecule has 0 spiro atoms. The van der Waals surface area contributed by atoms with Crippen molar-refractivity contribution in [3.05, 3.63) is 53.0 Å². The van der Waals surface area contributed by atoms with Gasteiger partial charge in [-0.25, -0.2) is 22.1 Å². The van der Waals surface area contributed by atoms with Crippen LogP contribution in [0.3, 0.4) is 0 Å². The van der Waals surface area contributed by atoms with Crippen LogP contribution in [0, 0.1) is 0 Å². The third kappa shape index (κ3) is 3.54. The molecule has 0 aliphatic carbocycles. The zero-order valence-corrected chi connectivity index (χ0v) is 14.7. The first kappa shape index (κ1) is 18.6. The van der Waals surface area contributed by atoms with Crippen LogP contribution in [0.4, 0.5) is 11.9 Å². The largest absolute Gasteiger partial charge is 0.412 e. The molecule has 0 atom stereocenters. The number of aromatic nitrogens is 3. The highest BCUT2D eigenvalue weighted by Crippen LogP contribution is 2.26. The monoisotopic (exact) mass is 365 g/mol. The molecule has 0 unspecified atom stereocenters. The van der Waals surface area contributed by atoms with E-state index in [1.54, 1.807) is 11.9 Å². The Morgan fingerprint density at radius 3 is 2.48 bits per heavy atom. The summed E-state index contributed by atoms with van der Waals surface area (Å²) in [6.45, 7) is 4.21. The highest BCUT2D eigenvalue weighted by Gasteiger charge is 2.32. The Hall–Kier alpha value is -2.72. The molecular weight excluding hydrogens is 346 g/mol. The summed E-state index contributed by atoms with van der Waals surface area (Å²) in [7, 11) is -1.82. The van der Waals surface area contributed by atoms with E-state index >= 15 is 0 Å². The Balaban J connectivity index is 0.00000225. The summed E-state index contributed by atoms with van der Waals surface area (Å²) in [6.07, 6.45) is 1.07. The first-order chi connectivity index (χ1) is 11.3. The number of fused-ring (bicyclic) bond motifs is 1. The van der Waals surface area contributed by atoms with Crippen molar-refractivity contribution in [2.75, 3.05) is 29.1 Å². The van der Waals surface area contributed by atoms with Crippen molar-refractivity contribution in [1.82, 2.24) is 14.5 Å². The average molecular weight is 365 g/mol. The average Bonchev–Trinajstić information content (AvgIpc) is 2.86. The molecule has 134 valence electrons. The van der Waals surface area contributed by atoms with Gasteiger partial charge < -0.3 is 10.4 Å². The van der Waals surface area contributed by atoms with Crippen LogP contribution < -0.4 is 14.9 Å². The van der Waals surface area contributed by atoms with Crippen molar-refractivity contribution in [1.29, 1.82) is 0 Å². The predicted molar refractivity (Wildman–Crippen MR) is 96.0 cm³/mol. The summed E-state index contributed by atoms with van der Waals surface area (Å²) >= 11 is 0. The van der Waals surface area contributed by atoms with E-state index in [2.05, 4.69) is 16.5 Å². The Morgan fingerprint density at radius 1 is 1.24 bits per heavy atom. The maximum absolute atomic E-state index is 12.3. The molecular formula is C15H19N5O4S. The smallest absolute Gasteiger partial charge is 0.358 e. The van der Waals surface area contributed by atoms with Gasteiger partial charge in [0.05, 0.1) is 12.8 Å². The van der Waals surface area contributed by atoms with Crippen LogP contribution >= 0.6 is 0 Å².